The first-order valence-corrected chi connectivity index (χ1v) is 29.6. The van der Waals surface area contributed by atoms with Gasteiger partial charge in [0.05, 0.1) is 28.9 Å². The van der Waals surface area contributed by atoms with E-state index in [0.717, 1.165) is 87.7 Å². The number of rotatable bonds is 12. The SMILES string of the molecule is C=Cc1ccc(C2(C3CC=C(F)CC3)C3=C(C=CCC3)C3=C2CC(N(C2=CC=CC4Oc5cccc(N(c6ccccc6)c6ccc7c(c6)C(c6ccc(F)cc6)(c6ccc(C=C)cc6)C6C=CC=CC76)c5C24)c2ccccc2)C=C3)cc1. The lowest BCUT2D eigenvalue weighted by atomic mass is 9.57. The topological polar surface area (TPSA) is 15.7 Å². The van der Waals surface area contributed by atoms with Crippen LogP contribution in [0.1, 0.15) is 94.9 Å². The molecule has 0 N–H and O–H groups in total. The van der Waals surface area contributed by atoms with Crippen molar-refractivity contribution in [2.75, 3.05) is 9.80 Å². The van der Waals surface area contributed by atoms with Crippen molar-refractivity contribution >= 4 is 34.9 Å². The smallest absolute Gasteiger partial charge is 0.130 e. The molecule has 406 valence electrons. The summed E-state index contributed by atoms with van der Waals surface area (Å²) < 4.78 is 37.5. The van der Waals surface area contributed by atoms with Crippen molar-refractivity contribution in [3.8, 4) is 5.75 Å². The van der Waals surface area contributed by atoms with Crippen LogP contribution >= 0.6 is 0 Å². The summed E-state index contributed by atoms with van der Waals surface area (Å²) in [5, 5.41) is 0. The molecule has 3 nitrogen and oxygen atoms in total. The van der Waals surface area contributed by atoms with Crippen LogP contribution in [0.3, 0.4) is 0 Å². The number of allylic oxidation sites excluding steroid dienone is 14. The van der Waals surface area contributed by atoms with Gasteiger partial charge in [-0.15, -0.1) is 0 Å². The Morgan fingerprint density at radius 1 is 0.602 bits per heavy atom. The van der Waals surface area contributed by atoms with Gasteiger partial charge in [0.15, 0.2) is 0 Å². The first kappa shape index (κ1) is 50.9. The van der Waals surface area contributed by atoms with E-state index in [-0.39, 0.29) is 47.5 Å². The van der Waals surface area contributed by atoms with Crippen molar-refractivity contribution in [2.45, 2.75) is 73.3 Å². The average molecular weight is 1080 g/mol. The highest BCUT2D eigenvalue weighted by molar-refractivity contribution is 5.84. The number of halogens is 2. The second-order valence-electron chi connectivity index (χ2n) is 23.4. The molecule has 15 rings (SSSR count). The Balaban J connectivity index is 0.886. The van der Waals surface area contributed by atoms with Crippen molar-refractivity contribution in [1.29, 1.82) is 0 Å². The van der Waals surface area contributed by atoms with Crippen molar-refractivity contribution < 1.29 is 13.5 Å². The number of anilines is 4. The molecule has 83 heavy (non-hydrogen) atoms. The molecule has 1 aliphatic heterocycles. The minimum atomic E-state index is -0.663. The maximum Gasteiger partial charge on any atom is 0.130 e. The van der Waals surface area contributed by atoms with Gasteiger partial charge in [-0.25, -0.2) is 8.78 Å². The highest BCUT2D eigenvalue weighted by Crippen LogP contribution is 2.64. The van der Waals surface area contributed by atoms with E-state index in [1.807, 2.05) is 30.4 Å². The van der Waals surface area contributed by atoms with Crippen LogP contribution in [0.5, 0.6) is 5.75 Å². The number of hydrogen-bond acceptors (Lipinski definition) is 3. The van der Waals surface area contributed by atoms with Crippen molar-refractivity contribution in [3.63, 3.8) is 0 Å². The Morgan fingerprint density at radius 2 is 1.29 bits per heavy atom. The van der Waals surface area contributed by atoms with Gasteiger partial charge in [0.25, 0.3) is 0 Å². The van der Waals surface area contributed by atoms with Gasteiger partial charge in [-0.1, -0.05) is 195 Å². The van der Waals surface area contributed by atoms with Crippen LogP contribution in [0, 0.1) is 17.7 Å². The Bertz CT molecular complexity index is 4040. The minimum Gasteiger partial charge on any atom is -0.485 e. The largest absolute Gasteiger partial charge is 0.485 e. The summed E-state index contributed by atoms with van der Waals surface area (Å²) in [6.45, 7) is 8.21. The van der Waals surface area contributed by atoms with Crippen molar-refractivity contribution in [3.05, 3.63) is 340 Å². The Hall–Kier alpha value is -9.06. The normalized spacial score (nSPS) is 25.8. The first-order valence-electron chi connectivity index (χ1n) is 29.6. The van der Waals surface area contributed by atoms with E-state index in [9.17, 15) is 0 Å². The molecule has 8 atom stereocenters. The van der Waals surface area contributed by atoms with Crippen LogP contribution in [-0.2, 0) is 10.8 Å². The molecule has 0 aromatic heterocycles. The van der Waals surface area contributed by atoms with Gasteiger partial charge >= 0.3 is 0 Å². The highest BCUT2D eigenvalue weighted by Gasteiger charge is 2.55. The van der Waals surface area contributed by atoms with Crippen molar-refractivity contribution in [2.24, 2.45) is 11.8 Å². The summed E-state index contributed by atoms with van der Waals surface area (Å²) in [6.07, 6.45) is 35.5. The van der Waals surface area contributed by atoms with E-state index in [4.69, 9.17) is 4.74 Å². The lowest BCUT2D eigenvalue weighted by Gasteiger charge is -2.47. The maximum absolute atomic E-state index is 15.2. The zero-order valence-corrected chi connectivity index (χ0v) is 46.4. The van der Waals surface area contributed by atoms with Gasteiger partial charge < -0.3 is 14.5 Å². The maximum atomic E-state index is 15.2. The molecule has 7 aliphatic carbocycles. The predicted octanol–water partition coefficient (Wildman–Crippen LogP) is 19.4. The molecule has 0 bridgehead atoms. The predicted molar refractivity (Wildman–Crippen MR) is 336 cm³/mol. The first-order chi connectivity index (χ1) is 40.9. The summed E-state index contributed by atoms with van der Waals surface area (Å²) in [6, 6.07) is 60.3. The van der Waals surface area contributed by atoms with Gasteiger partial charge in [-0.05, 0) is 178 Å². The van der Waals surface area contributed by atoms with Gasteiger partial charge in [0.2, 0.25) is 0 Å². The van der Waals surface area contributed by atoms with E-state index in [1.165, 1.54) is 39.0 Å². The molecule has 0 radical (unpaired) electrons. The van der Waals surface area contributed by atoms with Gasteiger partial charge in [-0.3, -0.25) is 0 Å². The summed E-state index contributed by atoms with van der Waals surface area (Å²) >= 11 is 0. The Morgan fingerprint density at radius 3 is 2.00 bits per heavy atom. The second kappa shape index (κ2) is 20.4. The zero-order chi connectivity index (χ0) is 55.8. The Kier molecular flexibility index (Phi) is 12.5. The van der Waals surface area contributed by atoms with E-state index in [0.29, 0.717) is 12.8 Å². The van der Waals surface area contributed by atoms with Crippen LogP contribution < -0.4 is 14.5 Å². The van der Waals surface area contributed by atoms with Gasteiger partial charge in [0.1, 0.15) is 17.7 Å². The summed E-state index contributed by atoms with van der Waals surface area (Å²) in [5.74, 6) is 0.714. The van der Waals surface area contributed by atoms with Crippen LogP contribution in [0.2, 0.25) is 0 Å². The number of benzene rings is 7. The van der Waals surface area contributed by atoms with E-state index in [2.05, 4.69) is 235 Å². The van der Waals surface area contributed by atoms with Crippen molar-refractivity contribution in [1.82, 2.24) is 0 Å². The zero-order valence-electron chi connectivity index (χ0n) is 46.4. The molecule has 0 amide bonds. The number of fused-ring (bicyclic) bond motifs is 7. The molecule has 0 saturated heterocycles. The molecule has 8 aliphatic rings. The lowest BCUT2D eigenvalue weighted by molar-refractivity contribution is 0.262. The van der Waals surface area contributed by atoms with E-state index < -0.39 is 10.8 Å². The standard InChI is InChI=1S/C78H64F2N2O/c1-3-51-29-33-53(34-30-51)77(55-37-41-57(79)42-38-55)67-23-13-11-21-63(67)65-47-45-61(49-69(65)77)81(59-17-7-5-8-18-59)71-25-15-27-73-75(71)76-72(26-16-28-74(76)83-73)82(60-19-9-6-10-20-60)62-46-48-66-64-22-12-14-24-68(64)78(70(66)50-62,56-39-43-58(80)44-40-56)54-35-31-52(4-2)32-36-54/h3-13,15-23,25-38,41-43,45-49,56,62-63,67,74,76H,1-2,14,24,39-40,44,50H2. The number of nitrogens with zero attached hydrogens (tertiary/aromatic N) is 2. The second-order valence-corrected chi connectivity index (χ2v) is 23.4. The van der Waals surface area contributed by atoms with E-state index in [1.54, 1.807) is 12.1 Å². The van der Waals surface area contributed by atoms with Crippen LogP contribution in [0.15, 0.2) is 290 Å². The average Bonchev–Trinajstić information content (AvgIpc) is 1.92. The van der Waals surface area contributed by atoms with Crippen LogP contribution in [-0.4, -0.2) is 12.1 Å². The third-order valence-electron chi connectivity index (χ3n) is 19.6. The van der Waals surface area contributed by atoms with E-state index >= 15 is 8.78 Å². The molecule has 0 saturated carbocycles. The lowest BCUT2D eigenvalue weighted by Crippen LogP contribution is -2.44. The van der Waals surface area contributed by atoms with Crippen LogP contribution in [0.25, 0.3) is 12.2 Å². The molecular weight excluding hydrogens is 1020 g/mol. The van der Waals surface area contributed by atoms with Crippen LogP contribution in [0.4, 0.5) is 31.5 Å². The molecule has 8 unspecified atom stereocenters. The summed E-state index contributed by atoms with van der Waals surface area (Å²) in [7, 11) is 0. The molecule has 0 fully saturated rings. The fourth-order valence-electron chi connectivity index (χ4n) is 16.1. The number of hydrogen-bond donors (Lipinski definition) is 0. The molecule has 1 heterocycles. The third kappa shape index (κ3) is 7.95. The summed E-state index contributed by atoms with van der Waals surface area (Å²) in [5.41, 5.74) is 19.1. The number of ether oxygens (including phenoxy) is 1. The third-order valence-corrected chi connectivity index (χ3v) is 19.6. The molecule has 0 spiro atoms. The molecule has 7 aromatic carbocycles. The Labute approximate surface area is 486 Å². The van der Waals surface area contributed by atoms with Gasteiger partial charge in [0, 0.05) is 45.6 Å². The monoisotopic (exact) mass is 1080 g/mol. The fourth-order valence-corrected chi connectivity index (χ4v) is 16.1. The molecule has 7 aromatic rings. The fraction of sp³-hybridized carbons (Fsp3) is 0.179. The quantitative estimate of drug-likeness (QED) is 0.121. The number of para-hydroxylation sites is 2. The highest BCUT2D eigenvalue weighted by atomic mass is 19.1. The molecule has 5 heteroatoms. The van der Waals surface area contributed by atoms with Gasteiger partial charge in [-0.2, -0.15) is 0 Å². The summed E-state index contributed by atoms with van der Waals surface area (Å²) in [4.78, 5) is 5.04. The molecular formula is C78H64F2N2O. The minimum absolute atomic E-state index is 0.00715.